The molecule has 1 aromatic heterocycles. The largest absolute Gasteiger partial charge is 0.483 e. The smallest absolute Gasteiger partial charge is 0.260 e. The highest BCUT2D eigenvalue weighted by atomic mass is 16.5. The third kappa shape index (κ3) is 3.09. The molecule has 2 aromatic rings. The normalized spacial score (nSPS) is 18.2. The maximum Gasteiger partial charge on any atom is 0.260 e. The second kappa shape index (κ2) is 6.44. The summed E-state index contributed by atoms with van der Waals surface area (Å²) in [6.45, 7) is 2.84. The number of carbonyl (C=O) groups excluding carboxylic acids is 1. The van der Waals surface area contributed by atoms with Crippen LogP contribution in [-0.2, 0) is 11.8 Å². The van der Waals surface area contributed by atoms with Crippen LogP contribution >= 0.6 is 0 Å². The van der Waals surface area contributed by atoms with Gasteiger partial charge in [0.1, 0.15) is 5.75 Å². The van der Waals surface area contributed by atoms with Gasteiger partial charge in [0.15, 0.2) is 6.61 Å². The molecule has 0 saturated carbocycles. The molecule has 1 unspecified atom stereocenters. The molecule has 0 bridgehead atoms. The Morgan fingerprint density at radius 2 is 2.09 bits per heavy atom. The third-order valence-electron chi connectivity index (χ3n) is 4.59. The van der Waals surface area contributed by atoms with E-state index in [4.69, 9.17) is 4.74 Å². The lowest BCUT2D eigenvalue weighted by molar-refractivity contribution is -0.136. The van der Waals surface area contributed by atoms with Gasteiger partial charge in [0.05, 0.1) is 5.52 Å². The molecule has 1 amide bonds. The van der Waals surface area contributed by atoms with Crippen LogP contribution in [0.5, 0.6) is 5.75 Å². The van der Waals surface area contributed by atoms with E-state index >= 15 is 0 Å². The summed E-state index contributed by atoms with van der Waals surface area (Å²) in [6.07, 6.45) is 3.26. The number of hydrogen-bond acceptors (Lipinski definition) is 3. The van der Waals surface area contributed by atoms with E-state index in [2.05, 4.69) is 6.92 Å². The summed E-state index contributed by atoms with van der Waals surface area (Å²) in [4.78, 5) is 26.3. The van der Waals surface area contributed by atoms with Gasteiger partial charge in [0, 0.05) is 31.1 Å². The zero-order chi connectivity index (χ0) is 16.4. The predicted molar refractivity (Wildman–Crippen MR) is 89.7 cm³/mol. The summed E-state index contributed by atoms with van der Waals surface area (Å²) in [5, 5.41) is 0.842. The van der Waals surface area contributed by atoms with E-state index in [1.807, 2.05) is 29.2 Å². The number of pyridine rings is 1. The molecule has 1 atom stereocenters. The summed E-state index contributed by atoms with van der Waals surface area (Å²) in [5.41, 5.74) is 0.659. The van der Waals surface area contributed by atoms with Gasteiger partial charge in [0.25, 0.3) is 11.5 Å². The molecular weight excluding hydrogens is 292 g/mol. The SMILES string of the molecule is CC1CCCCN1C(=O)COc1cc(=O)n(C)c2ccccc12. The molecule has 1 aliphatic heterocycles. The summed E-state index contributed by atoms with van der Waals surface area (Å²) < 4.78 is 7.29. The Morgan fingerprint density at radius 3 is 2.87 bits per heavy atom. The Morgan fingerprint density at radius 1 is 1.30 bits per heavy atom. The van der Waals surface area contributed by atoms with Crippen LogP contribution in [-0.4, -0.2) is 34.6 Å². The average molecular weight is 314 g/mol. The van der Waals surface area contributed by atoms with Crippen molar-refractivity contribution in [3.8, 4) is 5.75 Å². The van der Waals surface area contributed by atoms with Gasteiger partial charge in [-0.15, -0.1) is 0 Å². The number of benzene rings is 1. The van der Waals surface area contributed by atoms with Crippen molar-refractivity contribution >= 4 is 16.8 Å². The number of para-hydroxylation sites is 1. The molecule has 3 rings (SSSR count). The molecule has 1 aliphatic rings. The second-order valence-corrected chi connectivity index (χ2v) is 6.14. The van der Waals surface area contributed by atoms with Crippen molar-refractivity contribution in [3.05, 3.63) is 40.7 Å². The fraction of sp³-hybridized carbons (Fsp3) is 0.444. The average Bonchev–Trinajstić information content (AvgIpc) is 2.57. The molecule has 0 spiro atoms. The van der Waals surface area contributed by atoms with Gasteiger partial charge >= 0.3 is 0 Å². The molecule has 1 fully saturated rings. The molecule has 23 heavy (non-hydrogen) atoms. The first-order chi connectivity index (χ1) is 11.1. The second-order valence-electron chi connectivity index (χ2n) is 6.14. The number of aryl methyl sites for hydroxylation is 1. The lowest BCUT2D eigenvalue weighted by Gasteiger charge is -2.33. The van der Waals surface area contributed by atoms with E-state index in [1.165, 1.54) is 12.5 Å². The maximum absolute atomic E-state index is 12.4. The number of hydrogen-bond donors (Lipinski definition) is 0. The van der Waals surface area contributed by atoms with E-state index in [9.17, 15) is 9.59 Å². The number of carbonyl (C=O) groups is 1. The van der Waals surface area contributed by atoms with Crippen LogP contribution in [0.1, 0.15) is 26.2 Å². The highest BCUT2D eigenvalue weighted by Gasteiger charge is 2.23. The highest BCUT2D eigenvalue weighted by molar-refractivity contribution is 5.86. The van der Waals surface area contributed by atoms with Crippen LogP contribution in [0.15, 0.2) is 35.1 Å². The molecule has 5 heteroatoms. The molecular formula is C18H22N2O3. The van der Waals surface area contributed by atoms with Gasteiger partial charge in [-0.2, -0.15) is 0 Å². The van der Waals surface area contributed by atoms with Crippen molar-refractivity contribution in [2.45, 2.75) is 32.2 Å². The van der Waals surface area contributed by atoms with Crippen molar-refractivity contribution < 1.29 is 9.53 Å². The maximum atomic E-state index is 12.4. The quantitative estimate of drug-likeness (QED) is 0.873. The zero-order valence-corrected chi connectivity index (χ0v) is 13.6. The summed E-state index contributed by atoms with van der Waals surface area (Å²) in [7, 11) is 1.73. The van der Waals surface area contributed by atoms with Crippen molar-refractivity contribution in [2.24, 2.45) is 7.05 Å². The Bertz CT molecular complexity index is 781. The Labute approximate surface area is 135 Å². The summed E-state index contributed by atoms with van der Waals surface area (Å²) >= 11 is 0. The fourth-order valence-corrected chi connectivity index (χ4v) is 3.19. The van der Waals surface area contributed by atoms with Crippen molar-refractivity contribution in [1.29, 1.82) is 0 Å². The number of amides is 1. The van der Waals surface area contributed by atoms with Crippen molar-refractivity contribution in [1.82, 2.24) is 9.47 Å². The minimum Gasteiger partial charge on any atom is -0.483 e. The molecule has 0 aliphatic carbocycles. The number of piperidine rings is 1. The van der Waals surface area contributed by atoms with Crippen LogP contribution in [0.25, 0.3) is 10.9 Å². The van der Waals surface area contributed by atoms with Crippen LogP contribution < -0.4 is 10.3 Å². The first-order valence-corrected chi connectivity index (χ1v) is 8.09. The Hall–Kier alpha value is -2.30. The number of aromatic nitrogens is 1. The molecule has 1 saturated heterocycles. The first kappa shape index (κ1) is 15.6. The first-order valence-electron chi connectivity index (χ1n) is 8.09. The molecule has 0 N–H and O–H groups in total. The number of likely N-dealkylation sites (tertiary alicyclic amines) is 1. The van der Waals surface area contributed by atoms with Crippen molar-refractivity contribution in [3.63, 3.8) is 0 Å². The number of ether oxygens (including phenoxy) is 1. The van der Waals surface area contributed by atoms with Gasteiger partial charge in [-0.3, -0.25) is 9.59 Å². The Balaban J connectivity index is 1.81. The predicted octanol–water partition coefficient (Wildman–Crippen LogP) is 2.32. The highest BCUT2D eigenvalue weighted by Crippen LogP contribution is 2.23. The van der Waals surface area contributed by atoms with Gasteiger partial charge in [-0.05, 0) is 38.3 Å². The molecule has 5 nitrogen and oxygen atoms in total. The molecule has 2 heterocycles. The number of fused-ring (bicyclic) bond motifs is 1. The minimum absolute atomic E-state index is 0.0121. The Kier molecular flexibility index (Phi) is 4.37. The molecule has 122 valence electrons. The van der Waals surface area contributed by atoms with Crippen LogP contribution in [0, 0.1) is 0 Å². The summed E-state index contributed by atoms with van der Waals surface area (Å²) in [5.74, 6) is 0.462. The number of nitrogens with zero attached hydrogens (tertiary/aromatic N) is 2. The van der Waals surface area contributed by atoms with Crippen LogP contribution in [0.2, 0.25) is 0 Å². The molecule has 1 aromatic carbocycles. The van der Waals surface area contributed by atoms with E-state index < -0.39 is 0 Å². The standard InChI is InChI=1S/C18H22N2O3/c1-13-7-5-6-10-20(13)18(22)12-23-16-11-17(21)19(2)15-9-4-3-8-14(15)16/h3-4,8-9,11,13H,5-7,10,12H2,1-2H3. The van der Waals surface area contributed by atoms with E-state index in [0.29, 0.717) is 5.75 Å². The zero-order valence-electron chi connectivity index (χ0n) is 13.6. The third-order valence-corrected chi connectivity index (χ3v) is 4.59. The summed E-state index contributed by atoms with van der Waals surface area (Å²) in [6, 6.07) is 9.27. The monoisotopic (exact) mass is 314 g/mol. The fourth-order valence-electron chi connectivity index (χ4n) is 3.19. The lowest BCUT2D eigenvalue weighted by Crippen LogP contribution is -2.44. The van der Waals surface area contributed by atoms with Gasteiger partial charge < -0.3 is 14.2 Å². The van der Waals surface area contributed by atoms with Gasteiger partial charge in [-0.25, -0.2) is 0 Å². The van der Waals surface area contributed by atoms with Gasteiger partial charge in [-0.1, -0.05) is 12.1 Å². The van der Waals surface area contributed by atoms with Gasteiger partial charge in [0.2, 0.25) is 0 Å². The van der Waals surface area contributed by atoms with Crippen molar-refractivity contribution in [2.75, 3.05) is 13.2 Å². The molecule has 0 radical (unpaired) electrons. The minimum atomic E-state index is -0.141. The number of rotatable bonds is 3. The topological polar surface area (TPSA) is 51.5 Å². The van der Waals surface area contributed by atoms with Crippen LogP contribution in [0.3, 0.4) is 0 Å². The lowest BCUT2D eigenvalue weighted by atomic mass is 10.0. The van der Waals surface area contributed by atoms with E-state index in [0.717, 1.165) is 30.3 Å². The van der Waals surface area contributed by atoms with E-state index in [-0.39, 0.29) is 24.1 Å². The van der Waals surface area contributed by atoms with Crippen LogP contribution in [0.4, 0.5) is 0 Å². The van der Waals surface area contributed by atoms with E-state index in [1.54, 1.807) is 11.6 Å².